The van der Waals surface area contributed by atoms with Gasteiger partial charge in [-0.25, -0.2) is 4.98 Å². The summed E-state index contributed by atoms with van der Waals surface area (Å²) in [5.41, 5.74) is 2.86. The second kappa shape index (κ2) is 6.52. The topological polar surface area (TPSA) is 52.0 Å². The van der Waals surface area contributed by atoms with Gasteiger partial charge in [-0.2, -0.15) is 5.10 Å². The molecule has 5 heteroatoms. The molecule has 0 aliphatic rings. The third-order valence-electron chi connectivity index (χ3n) is 3.16. The molecule has 0 atom stereocenters. The molecule has 2 aromatic heterocycles. The van der Waals surface area contributed by atoms with Gasteiger partial charge in [-0.05, 0) is 32.9 Å². The Morgan fingerprint density at radius 2 is 2.10 bits per heavy atom. The maximum atomic E-state index is 5.89. The molecule has 108 valence electrons. The molecule has 0 saturated carbocycles. The van der Waals surface area contributed by atoms with Gasteiger partial charge in [-0.15, -0.1) is 0 Å². The summed E-state index contributed by atoms with van der Waals surface area (Å²) in [4.78, 5) is 4.51. The van der Waals surface area contributed by atoms with E-state index in [0.29, 0.717) is 5.88 Å². The van der Waals surface area contributed by atoms with E-state index in [4.69, 9.17) is 4.74 Å². The van der Waals surface area contributed by atoms with Gasteiger partial charge in [0.15, 0.2) is 5.75 Å². The normalized spacial score (nSPS) is 10.8. The molecule has 0 aliphatic carbocycles. The second-order valence-corrected chi connectivity index (χ2v) is 4.87. The molecule has 2 aromatic rings. The molecular formula is C15H22N4O. The quantitative estimate of drug-likeness (QED) is 0.823. The Morgan fingerprint density at radius 3 is 2.75 bits per heavy atom. The SMILES string of the molecule is CCCNCc1cccc(Oc2c(C)nn(C)c2C)n1. The van der Waals surface area contributed by atoms with Crippen molar-refractivity contribution in [1.82, 2.24) is 20.1 Å². The molecule has 0 bridgehead atoms. The smallest absolute Gasteiger partial charge is 0.219 e. The van der Waals surface area contributed by atoms with Crippen LogP contribution in [0.5, 0.6) is 11.6 Å². The van der Waals surface area contributed by atoms with Crippen molar-refractivity contribution in [3.8, 4) is 11.6 Å². The van der Waals surface area contributed by atoms with Gasteiger partial charge in [-0.1, -0.05) is 13.0 Å². The third-order valence-corrected chi connectivity index (χ3v) is 3.16. The van der Waals surface area contributed by atoms with Crippen LogP contribution in [-0.2, 0) is 13.6 Å². The van der Waals surface area contributed by atoms with Gasteiger partial charge < -0.3 is 10.1 Å². The number of nitrogens with zero attached hydrogens (tertiary/aromatic N) is 3. The van der Waals surface area contributed by atoms with E-state index in [9.17, 15) is 0 Å². The Bertz CT molecular complexity index is 577. The lowest BCUT2D eigenvalue weighted by molar-refractivity contribution is 0.452. The van der Waals surface area contributed by atoms with E-state index >= 15 is 0 Å². The highest BCUT2D eigenvalue weighted by Crippen LogP contribution is 2.26. The largest absolute Gasteiger partial charge is 0.435 e. The molecule has 2 heterocycles. The number of ether oxygens (including phenoxy) is 1. The molecule has 0 amide bonds. The van der Waals surface area contributed by atoms with Crippen LogP contribution in [0.25, 0.3) is 0 Å². The van der Waals surface area contributed by atoms with Gasteiger partial charge in [0.1, 0.15) is 5.69 Å². The fourth-order valence-corrected chi connectivity index (χ4v) is 2.01. The number of aromatic nitrogens is 3. The summed E-state index contributed by atoms with van der Waals surface area (Å²) in [5.74, 6) is 1.40. The summed E-state index contributed by atoms with van der Waals surface area (Å²) in [5, 5.41) is 7.68. The predicted octanol–water partition coefficient (Wildman–Crippen LogP) is 2.72. The first-order valence-corrected chi connectivity index (χ1v) is 6.96. The van der Waals surface area contributed by atoms with Gasteiger partial charge >= 0.3 is 0 Å². The van der Waals surface area contributed by atoms with E-state index in [1.54, 1.807) is 0 Å². The monoisotopic (exact) mass is 274 g/mol. The van der Waals surface area contributed by atoms with Crippen molar-refractivity contribution in [2.45, 2.75) is 33.7 Å². The van der Waals surface area contributed by atoms with Gasteiger partial charge in [0.05, 0.1) is 11.4 Å². The van der Waals surface area contributed by atoms with Gasteiger partial charge in [0.25, 0.3) is 0 Å². The van der Waals surface area contributed by atoms with Crippen LogP contribution >= 0.6 is 0 Å². The van der Waals surface area contributed by atoms with Gasteiger partial charge in [-0.3, -0.25) is 4.68 Å². The summed E-state index contributed by atoms with van der Waals surface area (Å²) in [6, 6.07) is 5.83. The van der Waals surface area contributed by atoms with E-state index < -0.39 is 0 Å². The standard InChI is InChI=1S/C15H22N4O/c1-5-9-16-10-13-7-6-8-14(17-13)20-15-11(2)18-19(4)12(15)3/h6-8,16H,5,9-10H2,1-4H3. The number of aryl methyl sites for hydroxylation is 2. The highest BCUT2D eigenvalue weighted by Gasteiger charge is 2.12. The van der Waals surface area contributed by atoms with Crippen LogP contribution in [0.1, 0.15) is 30.4 Å². The highest BCUT2D eigenvalue weighted by molar-refractivity contribution is 5.35. The van der Waals surface area contributed by atoms with Crippen molar-refractivity contribution in [3.63, 3.8) is 0 Å². The minimum Gasteiger partial charge on any atom is -0.435 e. The van der Waals surface area contributed by atoms with E-state index in [2.05, 4.69) is 22.3 Å². The number of rotatable bonds is 6. The van der Waals surface area contributed by atoms with Crippen molar-refractivity contribution in [1.29, 1.82) is 0 Å². The third kappa shape index (κ3) is 3.36. The van der Waals surface area contributed by atoms with Gasteiger partial charge in [0.2, 0.25) is 5.88 Å². The van der Waals surface area contributed by atoms with Crippen molar-refractivity contribution >= 4 is 0 Å². The molecule has 0 aliphatic heterocycles. The average molecular weight is 274 g/mol. The van der Waals surface area contributed by atoms with Crippen LogP contribution in [0.2, 0.25) is 0 Å². The first-order valence-electron chi connectivity index (χ1n) is 6.96. The Hall–Kier alpha value is -1.88. The molecule has 0 spiro atoms. The zero-order valence-corrected chi connectivity index (χ0v) is 12.6. The fourth-order valence-electron chi connectivity index (χ4n) is 2.01. The maximum Gasteiger partial charge on any atom is 0.219 e. The van der Waals surface area contributed by atoms with Crippen molar-refractivity contribution in [2.75, 3.05) is 6.54 Å². The summed E-state index contributed by atoms with van der Waals surface area (Å²) < 4.78 is 7.70. The summed E-state index contributed by atoms with van der Waals surface area (Å²) in [6.45, 7) is 7.83. The Kier molecular flexibility index (Phi) is 4.74. The van der Waals surface area contributed by atoms with Crippen LogP contribution < -0.4 is 10.1 Å². The zero-order chi connectivity index (χ0) is 14.5. The molecular weight excluding hydrogens is 252 g/mol. The lowest BCUT2D eigenvalue weighted by Gasteiger charge is -2.07. The van der Waals surface area contributed by atoms with Crippen LogP contribution in [0, 0.1) is 13.8 Å². The van der Waals surface area contributed by atoms with Crippen LogP contribution in [0.15, 0.2) is 18.2 Å². The Morgan fingerprint density at radius 1 is 1.30 bits per heavy atom. The minimum absolute atomic E-state index is 0.611. The molecule has 1 N–H and O–H groups in total. The van der Waals surface area contributed by atoms with E-state index in [0.717, 1.165) is 42.3 Å². The molecule has 0 aromatic carbocycles. The van der Waals surface area contributed by atoms with Crippen molar-refractivity contribution in [3.05, 3.63) is 35.3 Å². The molecule has 20 heavy (non-hydrogen) atoms. The molecule has 0 fully saturated rings. The summed E-state index contributed by atoms with van der Waals surface area (Å²) in [6.07, 6.45) is 1.12. The van der Waals surface area contributed by atoms with E-state index in [-0.39, 0.29) is 0 Å². The number of pyridine rings is 1. The number of hydrogen-bond acceptors (Lipinski definition) is 4. The second-order valence-electron chi connectivity index (χ2n) is 4.87. The predicted molar refractivity (Wildman–Crippen MR) is 79.0 cm³/mol. The zero-order valence-electron chi connectivity index (χ0n) is 12.6. The van der Waals surface area contributed by atoms with E-state index in [1.807, 2.05) is 43.8 Å². The lowest BCUT2D eigenvalue weighted by Crippen LogP contribution is -2.14. The molecule has 0 unspecified atom stereocenters. The molecule has 5 nitrogen and oxygen atoms in total. The molecule has 2 rings (SSSR count). The minimum atomic E-state index is 0.611. The first-order chi connectivity index (χ1) is 9.61. The van der Waals surface area contributed by atoms with Crippen molar-refractivity contribution < 1.29 is 4.74 Å². The lowest BCUT2D eigenvalue weighted by atomic mass is 10.3. The summed E-state index contributed by atoms with van der Waals surface area (Å²) in [7, 11) is 1.91. The molecule has 0 saturated heterocycles. The first kappa shape index (κ1) is 14.5. The van der Waals surface area contributed by atoms with E-state index in [1.165, 1.54) is 0 Å². The Labute approximate surface area is 120 Å². The average Bonchev–Trinajstić information content (AvgIpc) is 2.66. The van der Waals surface area contributed by atoms with Crippen molar-refractivity contribution in [2.24, 2.45) is 7.05 Å². The van der Waals surface area contributed by atoms with Crippen LogP contribution in [-0.4, -0.2) is 21.3 Å². The fraction of sp³-hybridized carbons (Fsp3) is 0.467. The number of nitrogens with one attached hydrogen (secondary N) is 1. The highest BCUT2D eigenvalue weighted by atomic mass is 16.5. The summed E-state index contributed by atoms with van der Waals surface area (Å²) >= 11 is 0. The number of hydrogen-bond donors (Lipinski definition) is 1. The van der Waals surface area contributed by atoms with Crippen LogP contribution in [0.3, 0.4) is 0 Å². The maximum absolute atomic E-state index is 5.89. The van der Waals surface area contributed by atoms with Crippen LogP contribution in [0.4, 0.5) is 0 Å². The molecule has 0 radical (unpaired) electrons. The van der Waals surface area contributed by atoms with Gasteiger partial charge in [0, 0.05) is 19.7 Å². The Balaban J connectivity index is 2.11.